The first-order valence-electron chi connectivity index (χ1n) is 9.92. The van der Waals surface area contributed by atoms with Crippen LogP contribution in [0.1, 0.15) is 18.9 Å². The van der Waals surface area contributed by atoms with Crippen molar-refractivity contribution in [2.45, 2.75) is 25.0 Å². The van der Waals surface area contributed by atoms with Gasteiger partial charge in [-0.2, -0.15) is 11.3 Å². The number of imidazole rings is 1. The lowest BCUT2D eigenvalue weighted by atomic mass is 9.77. The predicted molar refractivity (Wildman–Crippen MR) is 110 cm³/mol. The van der Waals surface area contributed by atoms with Crippen LogP contribution in [0, 0.1) is 11.8 Å². The molecule has 0 unspecified atom stereocenters. The standard InChI is InChI=1S/C20H21N7OS/c28-18-8-15-10-25(20-2-1-19-21-4-5-26(19)23-20)9-14(15)7-17(18)27-11-16(22-24-27)13-3-6-29-12-13/h1-6,11-12,14-15,17-18,28H,7-10H2/t14-,15+,17-,18-/m1/s1. The number of thiophene rings is 1. The van der Waals surface area contributed by atoms with Gasteiger partial charge in [0.25, 0.3) is 0 Å². The van der Waals surface area contributed by atoms with Crippen molar-refractivity contribution in [3.63, 3.8) is 0 Å². The molecule has 4 atom stereocenters. The van der Waals surface area contributed by atoms with Gasteiger partial charge in [-0.05, 0) is 48.3 Å². The Hall–Kier alpha value is -2.78. The molecular formula is C20H21N7OS. The Morgan fingerprint density at radius 2 is 2.00 bits per heavy atom. The van der Waals surface area contributed by atoms with Crippen LogP contribution in [0.3, 0.4) is 0 Å². The van der Waals surface area contributed by atoms with E-state index in [1.165, 1.54) is 0 Å². The molecule has 8 nitrogen and oxygen atoms in total. The molecule has 6 rings (SSSR count). The van der Waals surface area contributed by atoms with Crippen molar-refractivity contribution in [2.24, 2.45) is 11.8 Å². The second kappa shape index (κ2) is 6.64. The highest BCUT2D eigenvalue weighted by Crippen LogP contribution is 2.42. The summed E-state index contributed by atoms with van der Waals surface area (Å²) in [6.45, 7) is 1.88. The van der Waals surface area contributed by atoms with Gasteiger partial charge in [0.05, 0.1) is 18.3 Å². The van der Waals surface area contributed by atoms with Gasteiger partial charge in [0.15, 0.2) is 5.65 Å². The molecule has 0 spiro atoms. The molecule has 148 valence electrons. The van der Waals surface area contributed by atoms with Crippen molar-refractivity contribution in [1.82, 2.24) is 29.6 Å². The monoisotopic (exact) mass is 407 g/mol. The number of aliphatic hydroxyl groups excluding tert-OH is 1. The summed E-state index contributed by atoms with van der Waals surface area (Å²) in [7, 11) is 0. The predicted octanol–water partition coefficient (Wildman–Crippen LogP) is 2.50. The fraction of sp³-hybridized carbons (Fsp3) is 0.400. The van der Waals surface area contributed by atoms with Crippen LogP contribution in [0.5, 0.6) is 0 Å². The SMILES string of the molecule is O[C@@H]1C[C@H]2CN(c3ccc4nccn4n3)C[C@H]2C[C@H]1n1cc(-c2ccsc2)nn1. The lowest BCUT2D eigenvalue weighted by Crippen LogP contribution is -2.36. The minimum absolute atomic E-state index is 0.0276. The zero-order valence-electron chi connectivity index (χ0n) is 15.7. The third kappa shape index (κ3) is 2.92. The van der Waals surface area contributed by atoms with Crippen LogP contribution in [0.4, 0.5) is 5.82 Å². The summed E-state index contributed by atoms with van der Waals surface area (Å²) in [6, 6.07) is 6.06. The molecule has 2 aliphatic rings. The van der Waals surface area contributed by atoms with Gasteiger partial charge >= 0.3 is 0 Å². The number of anilines is 1. The van der Waals surface area contributed by atoms with Crippen LogP contribution in [-0.4, -0.2) is 53.9 Å². The maximum atomic E-state index is 10.8. The Balaban J connectivity index is 1.21. The summed E-state index contributed by atoms with van der Waals surface area (Å²) in [5.41, 5.74) is 2.80. The average Bonchev–Trinajstić information content (AvgIpc) is 3.52. The van der Waals surface area contributed by atoms with Crippen molar-refractivity contribution in [2.75, 3.05) is 18.0 Å². The molecule has 2 fully saturated rings. The van der Waals surface area contributed by atoms with Crippen LogP contribution in [0.25, 0.3) is 16.9 Å². The van der Waals surface area contributed by atoms with E-state index in [2.05, 4.69) is 25.6 Å². The molecule has 0 amide bonds. The zero-order chi connectivity index (χ0) is 19.4. The fourth-order valence-corrected chi connectivity index (χ4v) is 5.48. The third-order valence-corrected chi connectivity index (χ3v) is 7.02. The Morgan fingerprint density at radius 1 is 1.10 bits per heavy atom. The maximum Gasteiger partial charge on any atom is 0.153 e. The number of aromatic nitrogens is 6. The van der Waals surface area contributed by atoms with Gasteiger partial charge in [0.1, 0.15) is 11.5 Å². The van der Waals surface area contributed by atoms with E-state index in [1.807, 2.05) is 45.2 Å². The van der Waals surface area contributed by atoms with E-state index < -0.39 is 6.10 Å². The summed E-state index contributed by atoms with van der Waals surface area (Å²) in [5, 5.41) is 28.3. The molecule has 1 saturated heterocycles. The van der Waals surface area contributed by atoms with Crippen LogP contribution in [0.15, 0.2) is 47.5 Å². The van der Waals surface area contributed by atoms with E-state index in [0.29, 0.717) is 11.8 Å². The van der Waals surface area contributed by atoms with Gasteiger partial charge in [-0.15, -0.1) is 10.2 Å². The van der Waals surface area contributed by atoms with Crippen molar-refractivity contribution in [1.29, 1.82) is 0 Å². The van der Waals surface area contributed by atoms with E-state index in [1.54, 1.807) is 17.5 Å². The minimum Gasteiger partial charge on any atom is -0.391 e. The molecule has 4 aromatic heterocycles. The van der Waals surface area contributed by atoms with Crippen molar-refractivity contribution in [3.05, 3.63) is 47.5 Å². The molecule has 0 bridgehead atoms. The number of hydrogen-bond donors (Lipinski definition) is 1. The highest BCUT2D eigenvalue weighted by atomic mass is 32.1. The van der Waals surface area contributed by atoms with Gasteiger partial charge in [-0.1, -0.05) is 5.21 Å². The van der Waals surface area contributed by atoms with Gasteiger partial charge in [0.2, 0.25) is 0 Å². The first-order valence-corrected chi connectivity index (χ1v) is 10.9. The van der Waals surface area contributed by atoms with Crippen LogP contribution < -0.4 is 4.90 Å². The number of fused-ring (bicyclic) bond motifs is 2. The van der Waals surface area contributed by atoms with Crippen molar-refractivity contribution >= 4 is 22.8 Å². The van der Waals surface area contributed by atoms with E-state index in [9.17, 15) is 5.11 Å². The summed E-state index contributed by atoms with van der Waals surface area (Å²) in [4.78, 5) is 6.60. The summed E-state index contributed by atoms with van der Waals surface area (Å²) < 4.78 is 3.68. The largest absolute Gasteiger partial charge is 0.391 e. The van der Waals surface area contributed by atoms with E-state index in [-0.39, 0.29) is 6.04 Å². The molecule has 1 aliphatic carbocycles. The van der Waals surface area contributed by atoms with Crippen molar-refractivity contribution < 1.29 is 5.11 Å². The molecular weight excluding hydrogens is 386 g/mol. The van der Waals surface area contributed by atoms with Gasteiger partial charge in [-0.3, -0.25) is 0 Å². The first kappa shape index (κ1) is 17.1. The van der Waals surface area contributed by atoms with Gasteiger partial charge in [-0.25, -0.2) is 14.2 Å². The fourth-order valence-electron chi connectivity index (χ4n) is 4.83. The number of aliphatic hydroxyl groups is 1. The summed E-state index contributed by atoms with van der Waals surface area (Å²) in [6.07, 6.45) is 6.89. The molecule has 1 saturated carbocycles. The molecule has 5 heterocycles. The molecule has 4 aromatic rings. The second-order valence-electron chi connectivity index (χ2n) is 8.05. The highest BCUT2D eigenvalue weighted by Gasteiger charge is 2.43. The van der Waals surface area contributed by atoms with Crippen LogP contribution >= 0.6 is 11.3 Å². The van der Waals surface area contributed by atoms with E-state index in [0.717, 1.165) is 48.7 Å². The highest BCUT2D eigenvalue weighted by molar-refractivity contribution is 7.08. The van der Waals surface area contributed by atoms with Crippen LogP contribution in [0.2, 0.25) is 0 Å². The summed E-state index contributed by atoms with van der Waals surface area (Å²) in [5.74, 6) is 1.95. The molecule has 1 aliphatic heterocycles. The smallest absolute Gasteiger partial charge is 0.153 e. The maximum absolute atomic E-state index is 10.8. The lowest BCUT2D eigenvalue weighted by molar-refractivity contribution is 0.0299. The Morgan fingerprint density at radius 3 is 2.86 bits per heavy atom. The Kier molecular flexibility index (Phi) is 3.91. The normalized spacial score (nSPS) is 26.9. The van der Waals surface area contributed by atoms with Crippen LogP contribution in [-0.2, 0) is 0 Å². The van der Waals surface area contributed by atoms with Crippen molar-refractivity contribution in [3.8, 4) is 11.3 Å². The lowest BCUT2D eigenvalue weighted by Gasteiger charge is -2.34. The topological polar surface area (TPSA) is 84.4 Å². The number of hydrogen-bond acceptors (Lipinski definition) is 7. The molecule has 29 heavy (non-hydrogen) atoms. The summed E-state index contributed by atoms with van der Waals surface area (Å²) >= 11 is 1.65. The number of nitrogens with zero attached hydrogens (tertiary/aromatic N) is 7. The van der Waals surface area contributed by atoms with E-state index >= 15 is 0 Å². The molecule has 0 aromatic carbocycles. The van der Waals surface area contributed by atoms with E-state index in [4.69, 9.17) is 5.10 Å². The zero-order valence-corrected chi connectivity index (χ0v) is 16.6. The number of rotatable bonds is 3. The van der Waals surface area contributed by atoms with Gasteiger partial charge < -0.3 is 10.0 Å². The third-order valence-electron chi connectivity index (χ3n) is 6.34. The first-order chi connectivity index (χ1) is 14.2. The molecule has 9 heteroatoms. The van der Waals surface area contributed by atoms with Gasteiger partial charge in [0, 0.05) is 36.4 Å². The second-order valence-corrected chi connectivity index (χ2v) is 8.83. The molecule has 0 radical (unpaired) electrons. The minimum atomic E-state index is -0.405. The Labute approximate surface area is 171 Å². The average molecular weight is 408 g/mol. The Bertz CT molecular complexity index is 1140. The molecule has 1 N–H and O–H groups in total. The quantitative estimate of drug-likeness (QED) is 0.562.